The molecule has 1 aliphatic rings. The Hall–Kier alpha value is -0.640. The molecule has 0 radical (unpaired) electrons. The van der Waals surface area contributed by atoms with Gasteiger partial charge in [-0.15, -0.1) is 0 Å². The molecular weight excluding hydrogens is 170 g/mol. The molecule has 1 saturated heterocycles. The Bertz CT molecular complexity index is 271. The summed E-state index contributed by atoms with van der Waals surface area (Å²) in [7, 11) is 0. The quantitative estimate of drug-likeness (QED) is 0.718. The molecule has 4 heteroatoms. The lowest BCUT2D eigenvalue weighted by Crippen LogP contribution is -2.17. The molecular formula is C8H13N3S. The Morgan fingerprint density at radius 1 is 1.75 bits per heavy atom. The molecule has 66 valence electrons. The second-order valence-electron chi connectivity index (χ2n) is 3.13. The molecule has 0 spiro atoms. The van der Waals surface area contributed by atoms with E-state index < -0.39 is 0 Å². The minimum absolute atomic E-state index is 0.505. The molecule has 2 N–H and O–H groups in total. The molecule has 2 heterocycles. The van der Waals surface area contributed by atoms with Gasteiger partial charge in [0.1, 0.15) is 5.82 Å². The van der Waals surface area contributed by atoms with E-state index in [1.54, 1.807) is 6.20 Å². The molecule has 2 rings (SSSR count). The molecule has 2 atom stereocenters. The number of nitrogen functional groups attached to an aromatic ring is 1. The van der Waals surface area contributed by atoms with Crippen LogP contribution >= 0.6 is 11.8 Å². The van der Waals surface area contributed by atoms with Crippen molar-refractivity contribution >= 4 is 17.6 Å². The average Bonchev–Trinajstić information content (AvgIpc) is 2.59. The summed E-state index contributed by atoms with van der Waals surface area (Å²) in [6, 6.07) is 2.36. The highest BCUT2D eigenvalue weighted by atomic mass is 32.2. The van der Waals surface area contributed by atoms with Crippen LogP contribution in [0.1, 0.15) is 19.4 Å². The Kier molecular flexibility index (Phi) is 2.00. The summed E-state index contributed by atoms with van der Waals surface area (Å²) in [6.07, 6.45) is 2.96. The third-order valence-corrected chi connectivity index (χ3v) is 3.66. The highest BCUT2D eigenvalue weighted by Crippen LogP contribution is 2.35. The minimum Gasteiger partial charge on any atom is -0.384 e. The maximum atomic E-state index is 5.77. The van der Waals surface area contributed by atoms with Gasteiger partial charge in [0.05, 0.1) is 12.2 Å². The predicted octanol–water partition coefficient (Wildman–Crippen LogP) is 1.53. The first kappa shape index (κ1) is 7.98. The fourth-order valence-electron chi connectivity index (χ4n) is 1.64. The van der Waals surface area contributed by atoms with Gasteiger partial charge in [-0.1, -0.05) is 6.92 Å². The van der Waals surface area contributed by atoms with E-state index in [1.807, 2.05) is 22.5 Å². The molecule has 1 fully saturated rings. The van der Waals surface area contributed by atoms with Crippen molar-refractivity contribution in [2.45, 2.75) is 24.6 Å². The number of rotatable bonds is 1. The van der Waals surface area contributed by atoms with Gasteiger partial charge in [0, 0.05) is 5.25 Å². The lowest BCUT2D eigenvalue weighted by atomic mass is 10.2. The summed E-state index contributed by atoms with van der Waals surface area (Å²) >= 11 is 2.00. The van der Waals surface area contributed by atoms with Crippen molar-refractivity contribution in [2.24, 2.45) is 0 Å². The van der Waals surface area contributed by atoms with Crippen molar-refractivity contribution in [3.63, 3.8) is 0 Å². The maximum Gasteiger partial charge on any atom is 0.121 e. The Labute approximate surface area is 76.3 Å². The van der Waals surface area contributed by atoms with Gasteiger partial charge in [0.2, 0.25) is 0 Å². The summed E-state index contributed by atoms with van der Waals surface area (Å²) in [5, 5.41) is 4.87. The molecule has 12 heavy (non-hydrogen) atoms. The van der Waals surface area contributed by atoms with Gasteiger partial charge in [-0.3, -0.25) is 0 Å². The van der Waals surface area contributed by atoms with Gasteiger partial charge in [-0.25, -0.2) is 4.68 Å². The van der Waals surface area contributed by atoms with E-state index in [2.05, 4.69) is 12.0 Å². The van der Waals surface area contributed by atoms with Crippen LogP contribution < -0.4 is 5.73 Å². The second kappa shape index (κ2) is 3.01. The fraction of sp³-hybridized carbons (Fsp3) is 0.625. The first-order chi connectivity index (χ1) is 5.79. The Morgan fingerprint density at radius 3 is 3.08 bits per heavy atom. The molecule has 0 saturated carbocycles. The number of aromatic nitrogens is 2. The first-order valence-corrected chi connectivity index (χ1v) is 5.24. The van der Waals surface area contributed by atoms with Crippen LogP contribution in [0.3, 0.4) is 0 Å². The smallest absolute Gasteiger partial charge is 0.121 e. The van der Waals surface area contributed by atoms with Crippen molar-refractivity contribution in [2.75, 3.05) is 11.5 Å². The number of thioether (sulfide) groups is 1. The predicted molar refractivity (Wildman–Crippen MR) is 52.2 cm³/mol. The van der Waals surface area contributed by atoms with E-state index in [0.717, 1.165) is 5.82 Å². The fourth-order valence-corrected chi connectivity index (χ4v) is 2.87. The summed E-state index contributed by atoms with van der Waals surface area (Å²) < 4.78 is 1.95. The van der Waals surface area contributed by atoms with Gasteiger partial charge in [0.25, 0.3) is 0 Å². The zero-order valence-corrected chi connectivity index (χ0v) is 7.92. The SMILES string of the molecule is CC1SCCC1n1nccc1N. The second-order valence-corrected chi connectivity index (χ2v) is 4.62. The summed E-state index contributed by atoms with van der Waals surface area (Å²) in [6.45, 7) is 2.24. The molecule has 2 unspecified atom stereocenters. The van der Waals surface area contributed by atoms with E-state index in [9.17, 15) is 0 Å². The zero-order valence-electron chi connectivity index (χ0n) is 7.10. The summed E-state index contributed by atoms with van der Waals surface area (Å²) in [5.41, 5.74) is 5.77. The molecule has 3 nitrogen and oxygen atoms in total. The molecule has 0 amide bonds. The standard InChI is InChI=1S/C8H13N3S/c1-6-7(3-5-12-6)11-8(9)2-4-10-11/h2,4,6-7H,3,5,9H2,1H3. The maximum absolute atomic E-state index is 5.77. The van der Waals surface area contributed by atoms with Gasteiger partial charge in [0.15, 0.2) is 0 Å². The lowest BCUT2D eigenvalue weighted by Gasteiger charge is -2.16. The minimum atomic E-state index is 0.505. The molecule has 0 bridgehead atoms. The number of hydrogen-bond acceptors (Lipinski definition) is 3. The van der Waals surface area contributed by atoms with Crippen LogP contribution in [0, 0.1) is 0 Å². The highest BCUT2D eigenvalue weighted by Gasteiger charge is 2.26. The molecule has 1 aromatic rings. The molecule has 1 aromatic heterocycles. The average molecular weight is 183 g/mol. The van der Waals surface area contributed by atoms with Crippen molar-refractivity contribution < 1.29 is 0 Å². The van der Waals surface area contributed by atoms with Gasteiger partial charge in [-0.05, 0) is 18.2 Å². The molecule has 1 aliphatic heterocycles. The molecule has 0 aromatic carbocycles. The lowest BCUT2D eigenvalue weighted by molar-refractivity contribution is 0.463. The Morgan fingerprint density at radius 2 is 2.58 bits per heavy atom. The topological polar surface area (TPSA) is 43.8 Å². The van der Waals surface area contributed by atoms with Gasteiger partial charge in [-0.2, -0.15) is 16.9 Å². The van der Waals surface area contributed by atoms with Crippen LogP contribution in [0.5, 0.6) is 0 Å². The van der Waals surface area contributed by atoms with Crippen LogP contribution in [0.4, 0.5) is 5.82 Å². The molecule has 0 aliphatic carbocycles. The summed E-state index contributed by atoms with van der Waals surface area (Å²) in [4.78, 5) is 0. The Balaban J connectivity index is 2.24. The summed E-state index contributed by atoms with van der Waals surface area (Å²) in [5.74, 6) is 2.01. The van der Waals surface area contributed by atoms with Crippen LogP contribution in [-0.2, 0) is 0 Å². The van der Waals surface area contributed by atoms with Crippen molar-refractivity contribution in [1.29, 1.82) is 0 Å². The number of anilines is 1. The van der Waals surface area contributed by atoms with E-state index >= 15 is 0 Å². The van der Waals surface area contributed by atoms with E-state index in [0.29, 0.717) is 11.3 Å². The first-order valence-electron chi connectivity index (χ1n) is 4.19. The van der Waals surface area contributed by atoms with E-state index in [-0.39, 0.29) is 0 Å². The highest BCUT2D eigenvalue weighted by molar-refractivity contribution is 8.00. The third kappa shape index (κ3) is 1.20. The van der Waals surface area contributed by atoms with Crippen molar-refractivity contribution in [3.8, 4) is 0 Å². The monoisotopic (exact) mass is 183 g/mol. The number of hydrogen-bond donors (Lipinski definition) is 1. The number of nitrogens with zero attached hydrogens (tertiary/aromatic N) is 2. The number of nitrogens with two attached hydrogens (primary N) is 1. The van der Waals surface area contributed by atoms with E-state index in [4.69, 9.17) is 5.73 Å². The van der Waals surface area contributed by atoms with Crippen molar-refractivity contribution in [1.82, 2.24) is 9.78 Å². The zero-order chi connectivity index (χ0) is 8.55. The van der Waals surface area contributed by atoms with Gasteiger partial charge >= 0.3 is 0 Å². The third-order valence-electron chi connectivity index (χ3n) is 2.35. The van der Waals surface area contributed by atoms with Crippen molar-refractivity contribution in [3.05, 3.63) is 12.3 Å². The largest absolute Gasteiger partial charge is 0.384 e. The van der Waals surface area contributed by atoms with Crippen LogP contribution in [0.15, 0.2) is 12.3 Å². The van der Waals surface area contributed by atoms with Gasteiger partial charge < -0.3 is 5.73 Å². The van der Waals surface area contributed by atoms with Crippen LogP contribution in [0.25, 0.3) is 0 Å². The van der Waals surface area contributed by atoms with Crippen LogP contribution in [-0.4, -0.2) is 20.8 Å². The normalized spacial score (nSPS) is 29.4. The van der Waals surface area contributed by atoms with Crippen LogP contribution in [0.2, 0.25) is 0 Å². The van der Waals surface area contributed by atoms with E-state index in [1.165, 1.54) is 12.2 Å².